The molecule has 3 amide bonds. The smallest absolute Gasteiger partial charge is 0.329 e. The third-order valence-corrected chi connectivity index (χ3v) is 5.32. The van der Waals surface area contributed by atoms with Crippen LogP contribution in [-0.2, 0) is 36.9 Å². The molecule has 0 aliphatic heterocycles. The number of rotatable bonds is 13. The van der Waals surface area contributed by atoms with Crippen LogP contribution < -0.4 is 16.0 Å². The van der Waals surface area contributed by atoms with Gasteiger partial charge in [-0.15, -0.1) is 0 Å². The van der Waals surface area contributed by atoms with Crippen LogP contribution >= 0.6 is 0 Å². The Morgan fingerprint density at radius 3 is 1.83 bits per heavy atom. The van der Waals surface area contributed by atoms with Crippen molar-refractivity contribution in [1.29, 1.82) is 0 Å². The summed E-state index contributed by atoms with van der Waals surface area (Å²) >= 11 is 0. The van der Waals surface area contributed by atoms with Gasteiger partial charge in [0, 0.05) is 13.3 Å². The van der Waals surface area contributed by atoms with Gasteiger partial charge in [-0.05, 0) is 23.5 Å². The number of hydrogen-bond donors (Lipinski definition) is 4. The Balaban J connectivity index is 2.17. The second kappa shape index (κ2) is 14.6. The number of esters is 1. The van der Waals surface area contributed by atoms with E-state index in [1.807, 2.05) is 74.5 Å². The van der Waals surface area contributed by atoms with E-state index in [0.29, 0.717) is 0 Å². The quantitative estimate of drug-likeness (QED) is 0.310. The van der Waals surface area contributed by atoms with Gasteiger partial charge in [-0.3, -0.25) is 14.4 Å². The molecule has 9 heteroatoms. The van der Waals surface area contributed by atoms with Gasteiger partial charge < -0.3 is 25.8 Å². The van der Waals surface area contributed by atoms with Crippen molar-refractivity contribution in [1.82, 2.24) is 16.0 Å². The summed E-state index contributed by atoms with van der Waals surface area (Å²) in [6, 6.07) is 15.2. The second-order valence-electron chi connectivity index (χ2n) is 8.97. The molecule has 0 saturated carbocycles. The molecule has 0 saturated heterocycles. The lowest BCUT2D eigenvalue weighted by molar-refractivity contribution is -0.149. The van der Waals surface area contributed by atoms with Crippen molar-refractivity contribution in [2.24, 2.45) is 5.92 Å². The van der Waals surface area contributed by atoms with E-state index in [-0.39, 0.29) is 25.4 Å². The van der Waals surface area contributed by atoms with Gasteiger partial charge in [-0.2, -0.15) is 0 Å². The monoisotopic (exact) mass is 497 g/mol. The molecule has 1 unspecified atom stereocenters. The van der Waals surface area contributed by atoms with Crippen LogP contribution in [-0.4, -0.2) is 53.5 Å². The van der Waals surface area contributed by atoms with Crippen LogP contribution in [0.5, 0.6) is 0 Å². The zero-order valence-electron chi connectivity index (χ0n) is 20.9. The SMILES string of the molecule is CC(=O)N[C@@H](CO)C(=O)N[C@@H](CC(C)C)C(=O)NC(Cc1ccccc1)C(=O)OCc1ccccc1. The minimum absolute atomic E-state index is 0.0343. The first-order valence-electron chi connectivity index (χ1n) is 11.9. The lowest BCUT2D eigenvalue weighted by Gasteiger charge is -2.25. The molecule has 2 rings (SSSR count). The highest BCUT2D eigenvalue weighted by molar-refractivity contribution is 5.93. The molecule has 0 bridgehead atoms. The van der Waals surface area contributed by atoms with Gasteiger partial charge in [0.15, 0.2) is 0 Å². The van der Waals surface area contributed by atoms with Crippen LogP contribution in [0.15, 0.2) is 60.7 Å². The molecule has 194 valence electrons. The highest BCUT2D eigenvalue weighted by Gasteiger charge is 2.30. The highest BCUT2D eigenvalue weighted by Crippen LogP contribution is 2.10. The molecule has 0 aromatic heterocycles. The van der Waals surface area contributed by atoms with Crippen molar-refractivity contribution in [2.75, 3.05) is 6.61 Å². The molecule has 0 aliphatic rings. The lowest BCUT2D eigenvalue weighted by atomic mass is 10.0. The van der Waals surface area contributed by atoms with Gasteiger partial charge in [-0.25, -0.2) is 4.79 Å². The third kappa shape index (κ3) is 9.87. The third-order valence-electron chi connectivity index (χ3n) is 5.32. The molecule has 0 heterocycles. The van der Waals surface area contributed by atoms with Crippen LogP contribution in [0.4, 0.5) is 0 Å². The molecule has 0 aliphatic carbocycles. The second-order valence-corrected chi connectivity index (χ2v) is 8.97. The molecule has 4 N–H and O–H groups in total. The summed E-state index contributed by atoms with van der Waals surface area (Å²) in [6.45, 7) is 4.44. The van der Waals surface area contributed by atoms with Gasteiger partial charge in [0.25, 0.3) is 0 Å². The van der Waals surface area contributed by atoms with E-state index in [1.54, 1.807) is 0 Å². The van der Waals surface area contributed by atoms with E-state index < -0.39 is 48.4 Å². The van der Waals surface area contributed by atoms with Crippen LogP contribution in [0.3, 0.4) is 0 Å². The average molecular weight is 498 g/mol. The van der Waals surface area contributed by atoms with Crippen molar-refractivity contribution in [3.05, 3.63) is 71.8 Å². The molecular weight excluding hydrogens is 462 g/mol. The van der Waals surface area contributed by atoms with Crippen molar-refractivity contribution >= 4 is 23.7 Å². The van der Waals surface area contributed by atoms with E-state index in [0.717, 1.165) is 11.1 Å². The fourth-order valence-electron chi connectivity index (χ4n) is 3.56. The van der Waals surface area contributed by atoms with Crippen molar-refractivity contribution in [2.45, 2.75) is 58.3 Å². The Labute approximate surface area is 211 Å². The maximum atomic E-state index is 13.2. The Kier molecular flexibility index (Phi) is 11.6. The maximum absolute atomic E-state index is 13.2. The summed E-state index contributed by atoms with van der Waals surface area (Å²) < 4.78 is 5.48. The van der Waals surface area contributed by atoms with Gasteiger partial charge in [0.1, 0.15) is 24.7 Å². The van der Waals surface area contributed by atoms with Crippen LogP contribution in [0.25, 0.3) is 0 Å². The first-order valence-corrected chi connectivity index (χ1v) is 11.9. The number of hydrogen-bond acceptors (Lipinski definition) is 6. The Morgan fingerprint density at radius 1 is 0.778 bits per heavy atom. The summed E-state index contributed by atoms with van der Waals surface area (Å²) in [5.74, 6) is -2.31. The number of amides is 3. The van der Waals surface area contributed by atoms with E-state index >= 15 is 0 Å². The average Bonchev–Trinajstić information content (AvgIpc) is 2.85. The zero-order valence-corrected chi connectivity index (χ0v) is 20.9. The molecule has 2 aromatic rings. The first kappa shape index (κ1) is 28.5. The maximum Gasteiger partial charge on any atom is 0.329 e. The molecule has 36 heavy (non-hydrogen) atoms. The fraction of sp³-hybridized carbons (Fsp3) is 0.407. The number of nitrogens with one attached hydrogen (secondary N) is 3. The van der Waals surface area contributed by atoms with E-state index in [9.17, 15) is 24.3 Å². The summed E-state index contributed by atoms with van der Waals surface area (Å²) in [6.07, 6.45) is 0.487. The number of aliphatic hydroxyl groups is 1. The van der Waals surface area contributed by atoms with E-state index in [4.69, 9.17) is 4.74 Å². The molecule has 0 spiro atoms. The zero-order chi connectivity index (χ0) is 26.5. The van der Waals surface area contributed by atoms with Crippen LogP contribution in [0, 0.1) is 5.92 Å². The summed E-state index contributed by atoms with van der Waals surface area (Å²) in [7, 11) is 0. The molecule has 2 aromatic carbocycles. The summed E-state index contributed by atoms with van der Waals surface area (Å²) in [5.41, 5.74) is 1.64. The molecular formula is C27H35N3O6. The summed E-state index contributed by atoms with van der Waals surface area (Å²) in [4.78, 5) is 50.2. The predicted molar refractivity (Wildman–Crippen MR) is 134 cm³/mol. The molecule has 3 atom stereocenters. The Morgan fingerprint density at radius 2 is 1.31 bits per heavy atom. The lowest BCUT2D eigenvalue weighted by Crippen LogP contribution is -2.57. The van der Waals surface area contributed by atoms with Gasteiger partial charge >= 0.3 is 5.97 Å². The number of ether oxygens (including phenoxy) is 1. The minimum atomic E-state index is -1.19. The number of aliphatic hydroxyl groups excluding tert-OH is 1. The van der Waals surface area contributed by atoms with Crippen molar-refractivity contribution in [3.8, 4) is 0 Å². The largest absolute Gasteiger partial charge is 0.459 e. The van der Waals surface area contributed by atoms with Crippen molar-refractivity contribution < 1.29 is 29.0 Å². The standard InChI is InChI=1S/C27H35N3O6/c1-18(2)14-22(29-26(34)24(16-31)28-19(3)32)25(33)30-23(15-20-10-6-4-7-11-20)27(35)36-17-21-12-8-5-9-13-21/h4-13,18,22-24,31H,14-17H2,1-3H3,(H,28,32)(H,29,34)(H,30,33)/t22-,23?,24-/m0/s1. The summed E-state index contributed by atoms with van der Waals surface area (Å²) in [5, 5.41) is 17.1. The number of carbonyl (C=O) groups excluding carboxylic acids is 4. The first-order chi connectivity index (χ1) is 17.2. The molecule has 0 radical (unpaired) electrons. The predicted octanol–water partition coefficient (Wildman–Crippen LogP) is 1.49. The normalized spacial score (nSPS) is 13.2. The topological polar surface area (TPSA) is 134 Å². The van der Waals surface area contributed by atoms with E-state index in [2.05, 4.69) is 16.0 Å². The highest BCUT2D eigenvalue weighted by atomic mass is 16.5. The number of benzene rings is 2. The van der Waals surface area contributed by atoms with Gasteiger partial charge in [0.05, 0.1) is 6.61 Å². The Hall–Kier alpha value is -3.72. The molecule has 9 nitrogen and oxygen atoms in total. The van der Waals surface area contributed by atoms with Gasteiger partial charge in [-0.1, -0.05) is 74.5 Å². The minimum Gasteiger partial charge on any atom is -0.459 e. The number of carbonyl (C=O) groups is 4. The van der Waals surface area contributed by atoms with E-state index in [1.165, 1.54) is 6.92 Å². The fourth-order valence-corrected chi connectivity index (χ4v) is 3.56. The molecule has 0 fully saturated rings. The van der Waals surface area contributed by atoms with Gasteiger partial charge in [0.2, 0.25) is 17.7 Å². The van der Waals surface area contributed by atoms with Crippen molar-refractivity contribution in [3.63, 3.8) is 0 Å². The van der Waals surface area contributed by atoms with Crippen LogP contribution in [0.2, 0.25) is 0 Å². The van der Waals surface area contributed by atoms with Crippen LogP contribution in [0.1, 0.15) is 38.3 Å². The Bertz CT molecular complexity index is 997.